The van der Waals surface area contributed by atoms with Crippen molar-refractivity contribution in [1.29, 1.82) is 0 Å². The molecule has 0 aromatic carbocycles. The van der Waals surface area contributed by atoms with Crippen molar-refractivity contribution in [3.63, 3.8) is 0 Å². The quantitative estimate of drug-likeness (QED) is 0.703. The Labute approximate surface area is 67.7 Å². The van der Waals surface area contributed by atoms with Crippen LogP contribution in [0.25, 0.3) is 0 Å². The number of nitrogens with one attached hydrogen (secondary N) is 1. The van der Waals surface area contributed by atoms with Gasteiger partial charge in [0, 0.05) is 18.9 Å². The zero-order valence-corrected chi connectivity index (χ0v) is 7.09. The Balaban J connectivity index is 2.74. The molecular weight excluding hydrogens is 136 g/mol. The van der Waals surface area contributed by atoms with Gasteiger partial charge in [-0.05, 0) is 24.6 Å². The van der Waals surface area contributed by atoms with Gasteiger partial charge >= 0.3 is 0 Å². The van der Waals surface area contributed by atoms with E-state index >= 15 is 0 Å². The highest BCUT2D eigenvalue weighted by Gasteiger charge is 1.92. The van der Waals surface area contributed by atoms with Crippen LogP contribution in [-0.2, 0) is 13.0 Å². The zero-order chi connectivity index (χ0) is 8.10. The molecule has 0 amide bonds. The summed E-state index contributed by atoms with van der Waals surface area (Å²) in [4.78, 5) is 4.13. The Hall–Kier alpha value is -0.890. The lowest BCUT2D eigenvalue weighted by molar-refractivity contribution is 0.810. The van der Waals surface area contributed by atoms with E-state index < -0.39 is 0 Å². The minimum Gasteiger partial charge on any atom is -0.316 e. The average molecular weight is 150 g/mol. The highest BCUT2D eigenvalue weighted by Crippen LogP contribution is 2.02. The standard InChI is InChI=1S/C9H14N2/c1-3-8-4-9(5-10-2)7-11-6-8/h4,6-7,10H,3,5H2,1-2H3. The van der Waals surface area contributed by atoms with Gasteiger partial charge in [-0.2, -0.15) is 0 Å². The molecule has 0 unspecified atom stereocenters. The predicted octanol–water partition coefficient (Wildman–Crippen LogP) is 1.36. The third kappa shape index (κ3) is 2.31. The monoisotopic (exact) mass is 150 g/mol. The van der Waals surface area contributed by atoms with Crippen LogP contribution in [0.2, 0.25) is 0 Å². The fourth-order valence-electron chi connectivity index (χ4n) is 1.04. The maximum Gasteiger partial charge on any atom is 0.0313 e. The molecule has 0 aliphatic heterocycles. The highest BCUT2D eigenvalue weighted by atomic mass is 14.8. The molecule has 0 fully saturated rings. The summed E-state index contributed by atoms with van der Waals surface area (Å²) in [7, 11) is 1.94. The largest absolute Gasteiger partial charge is 0.316 e. The lowest BCUT2D eigenvalue weighted by Gasteiger charge is -2.00. The number of aryl methyl sites for hydroxylation is 1. The van der Waals surface area contributed by atoms with Gasteiger partial charge in [-0.1, -0.05) is 13.0 Å². The van der Waals surface area contributed by atoms with Gasteiger partial charge in [0.05, 0.1) is 0 Å². The number of rotatable bonds is 3. The second-order valence-corrected chi connectivity index (χ2v) is 2.59. The van der Waals surface area contributed by atoms with Gasteiger partial charge in [-0.25, -0.2) is 0 Å². The number of hydrogen-bond acceptors (Lipinski definition) is 2. The summed E-state index contributed by atoms with van der Waals surface area (Å²) in [5.41, 5.74) is 2.56. The molecule has 1 aromatic rings. The molecular formula is C9H14N2. The summed E-state index contributed by atoms with van der Waals surface area (Å²) >= 11 is 0. The fourth-order valence-corrected chi connectivity index (χ4v) is 1.04. The Morgan fingerprint density at radius 3 is 2.73 bits per heavy atom. The molecule has 1 heterocycles. The van der Waals surface area contributed by atoms with E-state index in [0.717, 1.165) is 13.0 Å². The zero-order valence-electron chi connectivity index (χ0n) is 7.09. The summed E-state index contributed by atoms with van der Waals surface area (Å²) in [6.07, 6.45) is 4.87. The van der Waals surface area contributed by atoms with Crippen molar-refractivity contribution in [3.05, 3.63) is 29.6 Å². The van der Waals surface area contributed by atoms with Crippen molar-refractivity contribution >= 4 is 0 Å². The van der Waals surface area contributed by atoms with E-state index in [9.17, 15) is 0 Å². The molecule has 1 N–H and O–H groups in total. The molecule has 0 saturated heterocycles. The van der Waals surface area contributed by atoms with Crippen LogP contribution in [0.3, 0.4) is 0 Å². The summed E-state index contributed by atoms with van der Waals surface area (Å²) < 4.78 is 0. The maximum atomic E-state index is 4.13. The molecule has 0 spiro atoms. The smallest absolute Gasteiger partial charge is 0.0313 e. The van der Waals surface area contributed by atoms with Crippen LogP contribution < -0.4 is 5.32 Å². The van der Waals surface area contributed by atoms with Crippen molar-refractivity contribution in [2.45, 2.75) is 19.9 Å². The SMILES string of the molecule is CCc1cncc(CNC)c1. The minimum absolute atomic E-state index is 0.904. The molecule has 2 heteroatoms. The summed E-state index contributed by atoms with van der Waals surface area (Å²) in [6, 6.07) is 2.18. The van der Waals surface area contributed by atoms with Crippen molar-refractivity contribution in [2.24, 2.45) is 0 Å². The van der Waals surface area contributed by atoms with Crippen molar-refractivity contribution in [3.8, 4) is 0 Å². The molecule has 0 saturated carbocycles. The van der Waals surface area contributed by atoms with Crippen LogP contribution in [0.4, 0.5) is 0 Å². The first kappa shape index (κ1) is 8.21. The van der Waals surface area contributed by atoms with E-state index in [1.807, 2.05) is 19.4 Å². The number of nitrogens with zero attached hydrogens (tertiary/aromatic N) is 1. The number of hydrogen-bond donors (Lipinski definition) is 1. The first-order valence-electron chi connectivity index (χ1n) is 3.94. The van der Waals surface area contributed by atoms with Crippen LogP contribution in [-0.4, -0.2) is 12.0 Å². The van der Waals surface area contributed by atoms with Gasteiger partial charge in [0.1, 0.15) is 0 Å². The number of aromatic nitrogens is 1. The molecule has 2 nitrogen and oxygen atoms in total. The molecule has 0 aliphatic carbocycles. The normalized spacial score (nSPS) is 10.0. The first-order valence-corrected chi connectivity index (χ1v) is 3.94. The molecule has 11 heavy (non-hydrogen) atoms. The van der Waals surface area contributed by atoms with Crippen molar-refractivity contribution in [1.82, 2.24) is 10.3 Å². The minimum atomic E-state index is 0.904. The van der Waals surface area contributed by atoms with Crippen LogP contribution >= 0.6 is 0 Å². The molecule has 0 atom stereocenters. The molecule has 1 rings (SSSR count). The maximum absolute atomic E-state index is 4.13. The second-order valence-electron chi connectivity index (χ2n) is 2.59. The lowest BCUT2D eigenvalue weighted by atomic mass is 10.2. The summed E-state index contributed by atoms with van der Waals surface area (Å²) in [5.74, 6) is 0. The summed E-state index contributed by atoms with van der Waals surface area (Å²) in [6.45, 7) is 3.04. The van der Waals surface area contributed by atoms with E-state index in [1.165, 1.54) is 11.1 Å². The molecule has 0 radical (unpaired) electrons. The van der Waals surface area contributed by atoms with E-state index in [0.29, 0.717) is 0 Å². The predicted molar refractivity (Wildman–Crippen MR) is 46.4 cm³/mol. The van der Waals surface area contributed by atoms with Gasteiger partial charge in [-0.15, -0.1) is 0 Å². The lowest BCUT2D eigenvalue weighted by Crippen LogP contribution is -2.05. The van der Waals surface area contributed by atoms with Gasteiger partial charge in [0.15, 0.2) is 0 Å². The Morgan fingerprint density at radius 1 is 1.36 bits per heavy atom. The van der Waals surface area contributed by atoms with Crippen LogP contribution in [0.1, 0.15) is 18.1 Å². The van der Waals surface area contributed by atoms with Gasteiger partial charge in [0.2, 0.25) is 0 Å². The second kappa shape index (κ2) is 4.09. The van der Waals surface area contributed by atoms with E-state index in [4.69, 9.17) is 0 Å². The Bertz CT molecular complexity index is 221. The van der Waals surface area contributed by atoms with Crippen LogP contribution in [0.15, 0.2) is 18.5 Å². The average Bonchev–Trinajstić information content (AvgIpc) is 2.06. The molecule has 1 aromatic heterocycles. The summed E-state index contributed by atoms with van der Waals surface area (Å²) in [5, 5.41) is 3.10. The Kier molecular flexibility index (Phi) is 3.05. The topological polar surface area (TPSA) is 24.9 Å². The van der Waals surface area contributed by atoms with Gasteiger partial charge in [-0.3, -0.25) is 4.98 Å². The van der Waals surface area contributed by atoms with Crippen molar-refractivity contribution in [2.75, 3.05) is 7.05 Å². The Morgan fingerprint density at radius 2 is 2.09 bits per heavy atom. The molecule has 60 valence electrons. The van der Waals surface area contributed by atoms with Gasteiger partial charge < -0.3 is 5.32 Å². The van der Waals surface area contributed by atoms with Crippen LogP contribution in [0, 0.1) is 0 Å². The fraction of sp³-hybridized carbons (Fsp3) is 0.444. The molecule has 0 aliphatic rings. The van der Waals surface area contributed by atoms with Crippen molar-refractivity contribution < 1.29 is 0 Å². The van der Waals surface area contributed by atoms with E-state index in [2.05, 4.69) is 23.3 Å². The first-order chi connectivity index (χ1) is 5.36. The number of pyridine rings is 1. The highest BCUT2D eigenvalue weighted by molar-refractivity contribution is 5.17. The third-order valence-corrected chi connectivity index (χ3v) is 1.64. The van der Waals surface area contributed by atoms with E-state index in [-0.39, 0.29) is 0 Å². The van der Waals surface area contributed by atoms with Gasteiger partial charge in [0.25, 0.3) is 0 Å². The van der Waals surface area contributed by atoms with E-state index in [1.54, 1.807) is 0 Å². The van der Waals surface area contributed by atoms with Crippen LogP contribution in [0.5, 0.6) is 0 Å². The molecule has 0 bridgehead atoms. The third-order valence-electron chi connectivity index (χ3n) is 1.64.